The van der Waals surface area contributed by atoms with Crippen molar-refractivity contribution < 1.29 is 28.8 Å². The highest BCUT2D eigenvalue weighted by Crippen LogP contribution is 2.38. The minimum Gasteiger partial charge on any atom is -0.454 e. The second kappa shape index (κ2) is 7.68. The molecule has 0 bridgehead atoms. The standard InChI is InChI=1S/C18H32O6/c1-8-9(2)12(5)22-18(10(8)3)24-15-11(4)13(6)21-17(20)16(15)23-14(7)19/h8-13,15-18,20H,1-7H3/t8-,9+,10?,11-,12?,13?,15-,16?,17?,18-/m0/s1. The van der Waals surface area contributed by atoms with Crippen molar-refractivity contribution in [3.8, 4) is 0 Å². The molecular formula is C18H32O6. The van der Waals surface area contributed by atoms with Gasteiger partial charge in [-0.1, -0.05) is 27.7 Å². The second-order valence-electron chi connectivity index (χ2n) is 7.55. The summed E-state index contributed by atoms with van der Waals surface area (Å²) in [5.41, 5.74) is 0. The maximum atomic E-state index is 11.4. The molecule has 6 heteroatoms. The summed E-state index contributed by atoms with van der Waals surface area (Å²) in [6.45, 7) is 13.7. The first-order chi connectivity index (χ1) is 11.1. The Labute approximate surface area is 144 Å². The van der Waals surface area contributed by atoms with Crippen LogP contribution in [-0.4, -0.2) is 48.1 Å². The molecule has 0 saturated carbocycles. The fourth-order valence-corrected chi connectivity index (χ4v) is 3.59. The van der Waals surface area contributed by atoms with E-state index in [9.17, 15) is 9.90 Å². The summed E-state index contributed by atoms with van der Waals surface area (Å²) in [4.78, 5) is 11.4. The zero-order chi connectivity index (χ0) is 18.2. The molecule has 140 valence electrons. The van der Waals surface area contributed by atoms with Crippen molar-refractivity contribution in [3.05, 3.63) is 0 Å². The average molecular weight is 344 g/mol. The van der Waals surface area contributed by atoms with Gasteiger partial charge in [0.05, 0.1) is 12.2 Å². The van der Waals surface area contributed by atoms with Crippen LogP contribution in [-0.2, 0) is 23.7 Å². The molecule has 10 atom stereocenters. The van der Waals surface area contributed by atoms with Crippen LogP contribution in [0, 0.1) is 23.7 Å². The smallest absolute Gasteiger partial charge is 0.303 e. The van der Waals surface area contributed by atoms with E-state index in [1.807, 2.05) is 13.8 Å². The van der Waals surface area contributed by atoms with Gasteiger partial charge in [0.1, 0.15) is 6.10 Å². The first-order valence-corrected chi connectivity index (χ1v) is 8.95. The minimum absolute atomic E-state index is 0.0430. The first kappa shape index (κ1) is 19.6. The third-order valence-electron chi connectivity index (χ3n) is 5.99. The molecule has 24 heavy (non-hydrogen) atoms. The summed E-state index contributed by atoms with van der Waals surface area (Å²) in [5, 5.41) is 10.2. The van der Waals surface area contributed by atoms with Gasteiger partial charge in [-0.05, 0) is 25.7 Å². The molecule has 2 aliphatic heterocycles. The predicted octanol–water partition coefficient (Wildman–Crippen LogP) is 2.33. The summed E-state index contributed by atoms with van der Waals surface area (Å²) >= 11 is 0. The topological polar surface area (TPSA) is 74.2 Å². The van der Waals surface area contributed by atoms with E-state index in [0.717, 1.165) is 0 Å². The van der Waals surface area contributed by atoms with E-state index >= 15 is 0 Å². The van der Waals surface area contributed by atoms with Crippen molar-refractivity contribution >= 4 is 5.97 Å². The van der Waals surface area contributed by atoms with Gasteiger partial charge in [0, 0.05) is 18.8 Å². The van der Waals surface area contributed by atoms with E-state index in [0.29, 0.717) is 11.8 Å². The van der Waals surface area contributed by atoms with Crippen molar-refractivity contribution in [2.45, 2.75) is 85.5 Å². The van der Waals surface area contributed by atoms with Crippen molar-refractivity contribution in [3.63, 3.8) is 0 Å². The summed E-state index contributed by atoms with van der Waals surface area (Å²) in [6, 6.07) is 0. The Hall–Kier alpha value is -0.690. The quantitative estimate of drug-likeness (QED) is 0.792. The lowest BCUT2D eigenvalue weighted by Gasteiger charge is -2.47. The molecule has 2 aliphatic rings. The zero-order valence-corrected chi connectivity index (χ0v) is 15.8. The maximum absolute atomic E-state index is 11.4. The van der Waals surface area contributed by atoms with Crippen LogP contribution >= 0.6 is 0 Å². The molecule has 0 amide bonds. The molecule has 2 fully saturated rings. The van der Waals surface area contributed by atoms with Gasteiger partial charge in [0.15, 0.2) is 18.7 Å². The number of rotatable bonds is 3. The van der Waals surface area contributed by atoms with Gasteiger partial charge in [0.2, 0.25) is 0 Å². The maximum Gasteiger partial charge on any atom is 0.303 e. The molecule has 6 nitrogen and oxygen atoms in total. The van der Waals surface area contributed by atoms with E-state index < -0.39 is 30.8 Å². The highest BCUT2D eigenvalue weighted by atomic mass is 16.7. The predicted molar refractivity (Wildman–Crippen MR) is 88.0 cm³/mol. The normalized spacial score (nSPS) is 49.7. The van der Waals surface area contributed by atoms with Crippen molar-refractivity contribution in [2.75, 3.05) is 0 Å². The number of aliphatic hydroxyl groups excluding tert-OH is 1. The molecule has 2 heterocycles. The van der Waals surface area contributed by atoms with E-state index in [2.05, 4.69) is 27.7 Å². The summed E-state index contributed by atoms with van der Waals surface area (Å²) < 4.78 is 23.1. The number of carbonyl (C=O) groups excluding carboxylic acids is 1. The summed E-state index contributed by atoms with van der Waals surface area (Å²) in [5.74, 6) is 0.588. The van der Waals surface area contributed by atoms with Crippen LogP contribution in [0.15, 0.2) is 0 Å². The van der Waals surface area contributed by atoms with Crippen molar-refractivity contribution in [2.24, 2.45) is 23.7 Å². The molecule has 1 N–H and O–H groups in total. The number of aliphatic hydroxyl groups is 1. The third kappa shape index (κ3) is 3.93. The Bertz CT molecular complexity index is 441. The van der Waals surface area contributed by atoms with E-state index in [1.54, 1.807) is 0 Å². The van der Waals surface area contributed by atoms with E-state index in [4.69, 9.17) is 18.9 Å². The fraction of sp³-hybridized carbons (Fsp3) is 0.944. The number of carbonyl (C=O) groups is 1. The molecule has 0 aromatic rings. The molecule has 2 rings (SSSR count). The number of hydrogen-bond donors (Lipinski definition) is 1. The zero-order valence-electron chi connectivity index (χ0n) is 15.8. The summed E-state index contributed by atoms with van der Waals surface area (Å²) in [6.07, 6.45) is -3.04. The van der Waals surface area contributed by atoms with Crippen LogP contribution in [0.3, 0.4) is 0 Å². The van der Waals surface area contributed by atoms with Gasteiger partial charge >= 0.3 is 5.97 Å². The van der Waals surface area contributed by atoms with Crippen LogP contribution in [0.4, 0.5) is 0 Å². The lowest BCUT2D eigenvalue weighted by molar-refractivity contribution is -0.325. The van der Waals surface area contributed by atoms with Gasteiger partial charge in [-0.15, -0.1) is 0 Å². The van der Waals surface area contributed by atoms with Crippen LogP contribution in [0.2, 0.25) is 0 Å². The molecule has 0 aromatic carbocycles. The number of esters is 1. The first-order valence-electron chi connectivity index (χ1n) is 8.95. The monoisotopic (exact) mass is 344 g/mol. The fourth-order valence-electron chi connectivity index (χ4n) is 3.59. The highest BCUT2D eigenvalue weighted by molar-refractivity contribution is 5.66. The van der Waals surface area contributed by atoms with Crippen LogP contribution in [0.1, 0.15) is 48.5 Å². The molecule has 0 aliphatic carbocycles. The van der Waals surface area contributed by atoms with Gasteiger partial charge in [0.25, 0.3) is 0 Å². The number of hydrogen-bond acceptors (Lipinski definition) is 6. The highest BCUT2D eigenvalue weighted by Gasteiger charge is 2.48. The van der Waals surface area contributed by atoms with Gasteiger partial charge in [-0.2, -0.15) is 0 Å². The molecule has 2 saturated heterocycles. The Kier molecular flexibility index (Phi) is 6.29. The lowest BCUT2D eigenvalue weighted by Crippen LogP contribution is -2.58. The van der Waals surface area contributed by atoms with Gasteiger partial charge in [-0.3, -0.25) is 4.79 Å². The van der Waals surface area contributed by atoms with Crippen LogP contribution < -0.4 is 0 Å². The Morgan fingerprint density at radius 3 is 2.00 bits per heavy atom. The van der Waals surface area contributed by atoms with Crippen LogP contribution in [0.5, 0.6) is 0 Å². The number of ether oxygens (including phenoxy) is 4. The van der Waals surface area contributed by atoms with E-state index in [-0.39, 0.29) is 24.0 Å². The molecule has 0 spiro atoms. The third-order valence-corrected chi connectivity index (χ3v) is 5.99. The minimum atomic E-state index is -1.20. The molecule has 5 unspecified atom stereocenters. The van der Waals surface area contributed by atoms with Crippen molar-refractivity contribution in [1.82, 2.24) is 0 Å². The summed E-state index contributed by atoms with van der Waals surface area (Å²) in [7, 11) is 0. The largest absolute Gasteiger partial charge is 0.454 e. The SMILES string of the molecule is CC(=O)OC1C(O)OC(C)[C@H](C)[C@@H]1O[C@@H]1OC(C)[C@H](C)[C@H](C)C1C. The Morgan fingerprint density at radius 1 is 0.833 bits per heavy atom. The second-order valence-corrected chi connectivity index (χ2v) is 7.55. The van der Waals surface area contributed by atoms with Crippen LogP contribution in [0.25, 0.3) is 0 Å². The van der Waals surface area contributed by atoms with Crippen molar-refractivity contribution in [1.29, 1.82) is 0 Å². The van der Waals surface area contributed by atoms with E-state index in [1.165, 1.54) is 6.92 Å². The average Bonchev–Trinajstić information content (AvgIpc) is 2.50. The lowest BCUT2D eigenvalue weighted by atomic mass is 9.79. The Balaban J connectivity index is 2.17. The molecule has 0 radical (unpaired) electrons. The Morgan fingerprint density at radius 2 is 1.42 bits per heavy atom. The molecule has 0 aromatic heterocycles. The van der Waals surface area contributed by atoms with Gasteiger partial charge in [-0.25, -0.2) is 0 Å². The van der Waals surface area contributed by atoms with Gasteiger partial charge < -0.3 is 24.1 Å². The molecular weight excluding hydrogens is 312 g/mol.